The molecule has 2 N–H and O–H groups in total. The van der Waals surface area contributed by atoms with Gasteiger partial charge in [-0.1, -0.05) is 42.0 Å². The number of rotatable bonds is 7. The molecule has 0 unspecified atom stereocenters. The largest absolute Gasteiger partial charge is 0.495 e. The first-order chi connectivity index (χ1) is 13.7. The van der Waals surface area contributed by atoms with Crippen LogP contribution in [0.5, 0.6) is 11.6 Å². The Bertz CT molecular complexity index is 912. The first-order valence-electron chi connectivity index (χ1n) is 8.87. The Morgan fingerprint density at radius 1 is 1.00 bits per heavy atom. The van der Waals surface area contributed by atoms with Gasteiger partial charge >= 0.3 is 6.03 Å². The molecule has 144 valence electrons. The van der Waals surface area contributed by atoms with E-state index in [2.05, 4.69) is 20.8 Å². The molecule has 0 bridgehead atoms. The lowest BCUT2D eigenvalue weighted by Crippen LogP contribution is -2.32. The van der Waals surface area contributed by atoms with E-state index >= 15 is 0 Å². The summed E-state index contributed by atoms with van der Waals surface area (Å²) in [5.74, 6) is 1.00. The van der Waals surface area contributed by atoms with Crippen molar-refractivity contribution in [2.75, 3.05) is 25.6 Å². The Morgan fingerprint density at radius 2 is 1.79 bits per heavy atom. The highest BCUT2D eigenvalue weighted by atomic mass is 16.5. The molecule has 0 aliphatic rings. The lowest BCUT2D eigenvalue weighted by Gasteiger charge is -2.11. The van der Waals surface area contributed by atoms with E-state index in [9.17, 15) is 4.79 Å². The summed E-state index contributed by atoms with van der Waals surface area (Å²) in [5.41, 5.74) is 3.57. The number of hydrogen-bond acceptors (Lipinski definition) is 5. The van der Waals surface area contributed by atoms with Crippen LogP contribution in [0.1, 0.15) is 5.56 Å². The van der Waals surface area contributed by atoms with E-state index in [1.807, 2.05) is 49.4 Å². The van der Waals surface area contributed by atoms with Crippen molar-refractivity contribution in [3.8, 4) is 22.9 Å². The van der Waals surface area contributed by atoms with Gasteiger partial charge in [0.1, 0.15) is 12.4 Å². The number of nitrogens with one attached hydrogen (secondary N) is 2. The third kappa shape index (κ3) is 5.20. The van der Waals surface area contributed by atoms with Crippen LogP contribution in [0.4, 0.5) is 10.5 Å². The number of amides is 2. The van der Waals surface area contributed by atoms with Gasteiger partial charge in [-0.2, -0.15) is 0 Å². The number of carbonyl (C=O) groups is 1. The van der Waals surface area contributed by atoms with E-state index in [1.165, 1.54) is 5.56 Å². The third-order valence-corrected chi connectivity index (χ3v) is 3.98. The topological polar surface area (TPSA) is 85.4 Å². The number of carbonyl (C=O) groups excluding carboxylic acids is 1. The molecule has 1 heterocycles. The molecule has 3 aromatic rings. The van der Waals surface area contributed by atoms with Crippen LogP contribution < -0.4 is 20.1 Å². The van der Waals surface area contributed by atoms with Crippen LogP contribution in [0.15, 0.2) is 60.7 Å². The van der Waals surface area contributed by atoms with Crippen LogP contribution in [0, 0.1) is 6.92 Å². The Balaban J connectivity index is 1.43. The van der Waals surface area contributed by atoms with Crippen molar-refractivity contribution in [2.24, 2.45) is 0 Å². The summed E-state index contributed by atoms with van der Waals surface area (Å²) in [6.45, 7) is 2.64. The standard InChI is InChI=1S/C21H22N4O3/c1-15-7-9-16(10-8-15)17-11-12-20(25-24-17)28-14-13-22-21(26)23-18-5-3-4-6-19(18)27-2/h3-12H,13-14H2,1-2H3,(H2,22,23,26). The number of aryl methyl sites for hydroxylation is 1. The molecular weight excluding hydrogens is 356 g/mol. The highest BCUT2D eigenvalue weighted by Gasteiger charge is 2.06. The van der Waals surface area contributed by atoms with Crippen molar-refractivity contribution in [3.05, 3.63) is 66.2 Å². The summed E-state index contributed by atoms with van der Waals surface area (Å²) >= 11 is 0. The molecule has 3 rings (SSSR count). The molecule has 0 saturated carbocycles. The Hall–Kier alpha value is -3.61. The van der Waals surface area contributed by atoms with Gasteiger partial charge in [0.2, 0.25) is 5.88 Å². The second-order valence-corrected chi connectivity index (χ2v) is 6.05. The van der Waals surface area contributed by atoms with Crippen LogP contribution in [0.3, 0.4) is 0 Å². The molecule has 28 heavy (non-hydrogen) atoms. The minimum Gasteiger partial charge on any atom is -0.495 e. The van der Waals surface area contributed by atoms with Crippen molar-refractivity contribution in [1.29, 1.82) is 0 Å². The fourth-order valence-corrected chi connectivity index (χ4v) is 2.51. The van der Waals surface area contributed by atoms with E-state index in [-0.39, 0.29) is 12.6 Å². The van der Waals surface area contributed by atoms with Gasteiger partial charge in [-0.05, 0) is 25.1 Å². The number of para-hydroxylation sites is 2. The second-order valence-electron chi connectivity index (χ2n) is 6.05. The third-order valence-electron chi connectivity index (χ3n) is 3.98. The number of anilines is 1. The average molecular weight is 378 g/mol. The molecular formula is C21H22N4O3. The van der Waals surface area contributed by atoms with Crippen LogP contribution in [-0.2, 0) is 0 Å². The lowest BCUT2D eigenvalue weighted by atomic mass is 10.1. The highest BCUT2D eigenvalue weighted by Crippen LogP contribution is 2.22. The number of ether oxygens (including phenoxy) is 2. The summed E-state index contributed by atoms with van der Waals surface area (Å²) in [6.07, 6.45) is 0. The summed E-state index contributed by atoms with van der Waals surface area (Å²) in [7, 11) is 1.55. The number of methoxy groups -OCH3 is 1. The fraction of sp³-hybridized carbons (Fsp3) is 0.190. The number of aromatic nitrogens is 2. The van der Waals surface area contributed by atoms with E-state index in [0.29, 0.717) is 23.9 Å². The molecule has 2 aromatic carbocycles. The van der Waals surface area contributed by atoms with Crippen LogP contribution in [-0.4, -0.2) is 36.5 Å². The van der Waals surface area contributed by atoms with Crippen molar-refractivity contribution >= 4 is 11.7 Å². The summed E-state index contributed by atoms with van der Waals surface area (Å²) in [4.78, 5) is 12.0. The molecule has 0 atom stereocenters. The summed E-state index contributed by atoms with van der Waals surface area (Å²) in [5, 5.41) is 13.7. The van der Waals surface area contributed by atoms with Crippen molar-refractivity contribution in [2.45, 2.75) is 6.92 Å². The van der Waals surface area contributed by atoms with E-state index in [1.54, 1.807) is 25.3 Å². The maximum Gasteiger partial charge on any atom is 0.319 e. The SMILES string of the molecule is COc1ccccc1NC(=O)NCCOc1ccc(-c2ccc(C)cc2)nn1. The minimum atomic E-state index is -0.339. The van der Waals surface area contributed by atoms with Gasteiger partial charge in [0, 0.05) is 11.6 Å². The first kappa shape index (κ1) is 19.2. The predicted octanol–water partition coefficient (Wildman–Crippen LogP) is 3.66. The molecule has 0 spiro atoms. The van der Waals surface area contributed by atoms with Crippen LogP contribution in [0.2, 0.25) is 0 Å². The first-order valence-corrected chi connectivity index (χ1v) is 8.87. The fourth-order valence-electron chi connectivity index (χ4n) is 2.51. The number of urea groups is 1. The average Bonchev–Trinajstić information content (AvgIpc) is 2.73. The molecule has 7 nitrogen and oxygen atoms in total. The quantitative estimate of drug-likeness (QED) is 0.613. The van der Waals surface area contributed by atoms with Gasteiger partial charge in [-0.15, -0.1) is 10.2 Å². The van der Waals surface area contributed by atoms with Gasteiger partial charge in [0.25, 0.3) is 0 Å². The van der Waals surface area contributed by atoms with Crippen molar-refractivity contribution < 1.29 is 14.3 Å². The molecule has 0 aliphatic heterocycles. The predicted molar refractivity (Wildman–Crippen MR) is 108 cm³/mol. The Kier molecular flexibility index (Phi) is 6.41. The van der Waals surface area contributed by atoms with Gasteiger partial charge in [-0.3, -0.25) is 0 Å². The van der Waals surface area contributed by atoms with Crippen LogP contribution >= 0.6 is 0 Å². The molecule has 0 radical (unpaired) electrons. The highest BCUT2D eigenvalue weighted by molar-refractivity contribution is 5.90. The van der Waals surface area contributed by atoms with E-state index in [4.69, 9.17) is 9.47 Å². The molecule has 0 saturated heterocycles. The summed E-state index contributed by atoms with van der Waals surface area (Å²) < 4.78 is 10.7. The monoisotopic (exact) mass is 378 g/mol. The molecule has 7 heteroatoms. The second kappa shape index (κ2) is 9.36. The van der Waals surface area contributed by atoms with Crippen molar-refractivity contribution in [1.82, 2.24) is 15.5 Å². The molecule has 0 aliphatic carbocycles. The minimum absolute atomic E-state index is 0.276. The number of nitrogens with zero attached hydrogens (tertiary/aromatic N) is 2. The van der Waals surface area contributed by atoms with Gasteiger partial charge < -0.3 is 20.1 Å². The van der Waals surface area contributed by atoms with Crippen molar-refractivity contribution in [3.63, 3.8) is 0 Å². The lowest BCUT2D eigenvalue weighted by molar-refractivity contribution is 0.246. The number of benzene rings is 2. The van der Waals surface area contributed by atoms with Gasteiger partial charge in [0.15, 0.2) is 0 Å². The zero-order valence-corrected chi connectivity index (χ0v) is 15.8. The summed E-state index contributed by atoms with van der Waals surface area (Å²) in [6, 6.07) is 18.5. The van der Waals surface area contributed by atoms with E-state index in [0.717, 1.165) is 11.3 Å². The smallest absolute Gasteiger partial charge is 0.319 e. The zero-order valence-electron chi connectivity index (χ0n) is 15.8. The maximum atomic E-state index is 12.0. The Morgan fingerprint density at radius 3 is 2.50 bits per heavy atom. The zero-order chi connectivity index (χ0) is 19.8. The molecule has 2 amide bonds. The molecule has 0 fully saturated rings. The maximum absolute atomic E-state index is 12.0. The normalized spacial score (nSPS) is 10.2. The number of hydrogen-bond donors (Lipinski definition) is 2. The van der Waals surface area contributed by atoms with E-state index < -0.39 is 0 Å². The van der Waals surface area contributed by atoms with Crippen LogP contribution in [0.25, 0.3) is 11.3 Å². The van der Waals surface area contributed by atoms with Gasteiger partial charge in [-0.25, -0.2) is 4.79 Å². The molecule has 1 aromatic heterocycles. The Labute approximate surface area is 163 Å². The van der Waals surface area contributed by atoms with Gasteiger partial charge in [0.05, 0.1) is 25.0 Å².